The zero-order chi connectivity index (χ0) is 15.8. The summed E-state index contributed by atoms with van der Waals surface area (Å²) in [4.78, 5) is 13.3. The van der Waals surface area contributed by atoms with E-state index in [0.717, 1.165) is 12.3 Å². The molecule has 0 radical (unpaired) electrons. The first kappa shape index (κ1) is 19.7. The highest BCUT2D eigenvalue weighted by Crippen LogP contribution is 2.16. The molecule has 1 heterocycles. The molecule has 6 heteroatoms. The number of piperidine rings is 1. The first-order valence-corrected chi connectivity index (χ1v) is 8.03. The number of hydrogen-bond acceptors (Lipinski definition) is 4. The summed E-state index contributed by atoms with van der Waals surface area (Å²) in [6, 6.07) is 8.11. The van der Waals surface area contributed by atoms with Crippen molar-refractivity contribution in [1.82, 2.24) is 10.2 Å². The van der Waals surface area contributed by atoms with Gasteiger partial charge in [-0.05, 0) is 43.6 Å². The normalized spacial score (nSPS) is 16.3. The molecule has 1 aliphatic heterocycles. The van der Waals surface area contributed by atoms with E-state index in [4.69, 9.17) is 4.74 Å². The number of rotatable bonds is 7. The number of carbonyl (C=O) groups excluding carboxylic acids is 1. The highest BCUT2D eigenvalue weighted by atomic mass is 35.5. The lowest BCUT2D eigenvalue weighted by Crippen LogP contribution is -2.33. The number of aliphatic hydroxyl groups excluding tert-OH is 1. The van der Waals surface area contributed by atoms with Crippen LogP contribution in [0.1, 0.15) is 38.2 Å². The topological polar surface area (TPSA) is 61.8 Å². The predicted octanol–water partition coefficient (Wildman–Crippen LogP) is 2.32. The van der Waals surface area contributed by atoms with Crippen molar-refractivity contribution in [3.63, 3.8) is 0 Å². The van der Waals surface area contributed by atoms with Gasteiger partial charge in [-0.1, -0.05) is 18.6 Å². The van der Waals surface area contributed by atoms with E-state index in [0.29, 0.717) is 13.0 Å². The van der Waals surface area contributed by atoms with Crippen LogP contribution in [-0.4, -0.2) is 41.8 Å². The predicted molar refractivity (Wildman–Crippen MR) is 92.8 cm³/mol. The summed E-state index contributed by atoms with van der Waals surface area (Å²) in [5.41, 5.74) is 1.30. The number of carbonyl (C=O) groups is 1. The van der Waals surface area contributed by atoms with Crippen molar-refractivity contribution in [3.05, 3.63) is 29.8 Å². The van der Waals surface area contributed by atoms with Gasteiger partial charge in [-0.2, -0.15) is 0 Å². The second-order valence-corrected chi connectivity index (χ2v) is 5.83. The van der Waals surface area contributed by atoms with Gasteiger partial charge < -0.3 is 15.2 Å². The van der Waals surface area contributed by atoms with Crippen LogP contribution in [0.5, 0.6) is 5.75 Å². The first-order chi connectivity index (χ1) is 10.6. The summed E-state index contributed by atoms with van der Waals surface area (Å²) in [7, 11) is 0. The third kappa shape index (κ3) is 7.68. The summed E-state index contributed by atoms with van der Waals surface area (Å²) in [6.45, 7) is 5.14. The van der Waals surface area contributed by atoms with Crippen molar-refractivity contribution in [1.29, 1.82) is 0 Å². The van der Waals surface area contributed by atoms with E-state index in [1.165, 1.54) is 44.8 Å². The van der Waals surface area contributed by atoms with E-state index < -0.39 is 6.23 Å². The van der Waals surface area contributed by atoms with Gasteiger partial charge in [0.25, 0.3) is 0 Å². The van der Waals surface area contributed by atoms with Crippen molar-refractivity contribution in [2.24, 2.45) is 0 Å². The summed E-state index contributed by atoms with van der Waals surface area (Å²) in [5, 5.41) is 11.9. The van der Waals surface area contributed by atoms with Crippen molar-refractivity contribution >= 4 is 18.3 Å². The van der Waals surface area contributed by atoms with Crippen LogP contribution >= 0.6 is 12.4 Å². The molecule has 23 heavy (non-hydrogen) atoms. The lowest BCUT2D eigenvalue weighted by molar-refractivity contribution is -0.122. The molecule has 130 valence electrons. The van der Waals surface area contributed by atoms with Gasteiger partial charge in [0.15, 0.2) is 0 Å². The molecule has 1 saturated heterocycles. The van der Waals surface area contributed by atoms with Crippen LogP contribution < -0.4 is 10.1 Å². The number of ether oxygens (including phenoxy) is 1. The number of likely N-dealkylation sites (tertiary alicyclic amines) is 1. The lowest BCUT2D eigenvalue weighted by Gasteiger charge is -2.26. The maximum Gasteiger partial charge on any atom is 0.218 e. The molecular formula is C17H27ClN2O3. The average Bonchev–Trinajstić information content (AvgIpc) is 2.49. The average molecular weight is 343 g/mol. The first-order valence-electron chi connectivity index (χ1n) is 8.03. The third-order valence-electron chi connectivity index (χ3n) is 3.81. The number of aliphatic hydroxyl groups is 1. The van der Waals surface area contributed by atoms with Crippen LogP contribution in [0.4, 0.5) is 0 Å². The second kappa shape index (κ2) is 10.5. The van der Waals surface area contributed by atoms with Gasteiger partial charge in [0, 0.05) is 19.9 Å². The van der Waals surface area contributed by atoms with Crippen molar-refractivity contribution in [2.75, 3.05) is 19.7 Å². The molecule has 1 unspecified atom stereocenters. The van der Waals surface area contributed by atoms with E-state index in [9.17, 15) is 9.90 Å². The molecular weight excluding hydrogens is 316 g/mol. The smallest absolute Gasteiger partial charge is 0.218 e. The number of nitrogens with one attached hydrogen (secondary N) is 1. The van der Waals surface area contributed by atoms with E-state index in [1.807, 2.05) is 12.1 Å². The van der Waals surface area contributed by atoms with Crippen LogP contribution in [0.2, 0.25) is 0 Å². The van der Waals surface area contributed by atoms with Crippen molar-refractivity contribution in [2.45, 2.75) is 45.4 Å². The quantitative estimate of drug-likeness (QED) is 0.746. The Balaban J connectivity index is 0.00000264. The molecule has 1 fully saturated rings. The second-order valence-electron chi connectivity index (χ2n) is 5.83. The van der Waals surface area contributed by atoms with Crippen LogP contribution in [0.15, 0.2) is 24.3 Å². The Morgan fingerprint density at radius 1 is 1.26 bits per heavy atom. The van der Waals surface area contributed by atoms with Gasteiger partial charge in [0.2, 0.25) is 5.91 Å². The molecule has 5 nitrogen and oxygen atoms in total. The fourth-order valence-corrected chi connectivity index (χ4v) is 2.66. The zero-order valence-electron chi connectivity index (χ0n) is 13.7. The molecule has 0 bridgehead atoms. The van der Waals surface area contributed by atoms with Gasteiger partial charge in [-0.3, -0.25) is 9.69 Å². The molecule has 0 saturated carbocycles. The van der Waals surface area contributed by atoms with E-state index in [2.05, 4.69) is 22.3 Å². The minimum atomic E-state index is -0.851. The van der Waals surface area contributed by atoms with Crippen LogP contribution in [-0.2, 0) is 11.3 Å². The summed E-state index contributed by atoms with van der Waals surface area (Å²) < 4.78 is 5.58. The van der Waals surface area contributed by atoms with Crippen LogP contribution in [0, 0.1) is 0 Å². The molecule has 0 aromatic heterocycles. The van der Waals surface area contributed by atoms with Gasteiger partial charge >= 0.3 is 0 Å². The Morgan fingerprint density at radius 3 is 2.52 bits per heavy atom. The number of hydrogen-bond donors (Lipinski definition) is 2. The Morgan fingerprint density at radius 2 is 1.91 bits per heavy atom. The van der Waals surface area contributed by atoms with E-state index in [-0.39, 0.29) is 18.3 Å². The van der Waals surface area contributed by atoms with Crippen molar-refractivity contribution in [3.8, 4) is 5.75 Å². The zero-order valence-corrected chi connectivity index (χ0v) is 14.5. The maximum atomic E-state index is 10.8. The van der Waals surface area contributed by atoms with Crippen LogP contribution in [0.25, 0.3) is 0 Å². The molecule has 1 aliphatic rings. The van der Waals surface area contributed by atoms with E-state index >= 15 is 0 Å². The SMILES string of the molecule is CC(=O)NC(O)CCOc1ccc(CN2CCCCC2)cc1.Cl. The highest BCUT2D eigenvalue weighted by Gasteiger charge is 2.10. The number of halogens is 1. The maximum absolute atomic E-state index is 10.8. The largest absolute Gasteiger partial charge is 0.493 e. The molecule has 1 amide bonds. The lowest BCUT2D eigenvalue weighted by atomic mass is 10.1. The van der Waals surface area contributed by atoms with Gasteiger partial charge in [-0.25, -0.2) is 0 Å². The Hall–Kier alpha value is -1.30. The highest BCUT2D eigenvalue weighted by molar-refractivity contribution is 5.85. The minimum absolute atomic E-state index is 0. The summed E-state index contributed by atoms with van der Waals surface area (Å²) in [6.07, 6.45) is 3.48. The van der Waals surface area contributed by atoms with Gasteiger partial charge in [0.05, 0.1) is 6.61 Å². The molecule has 1 aromatic rings. The molecule has 0 spiro atoms. The van der Waals surface area contributed by atoms with Gasteiger partial charge in [-0.15, -0.1) is 12.4 Å². The molecule has 1 atom stereocenters. The number of benzene rings is 1. The monoisotopic (exact) mass is 342 g/mol. The third-order valence-corrected chi connectivity index (χ3v) is 3.81. The molecule has 2 rings (SSSR count). The number of nitrogens with zero attached hydrogens (tertiary/aromatic N) is 1. The fraction of sp³-hybridized carbons (Fsp3) is 0.588. The van der Waals surface area contributed by atoms with Crippen LogP contribution in [0.3, 0.4) is 0 Å². The number of amides is 1. The molecule has 2 N–H and O–H groups in total. The Kier molecular flexibility index (Phi) is 8.99. The summed E-state index contributed by atoms with van der Waals surface area (Å²) in [5.74, 6) is 0.548. The minimum Gasteiger partial charge on any atom is -0.493 e. The molecule has 0 aliphatic carbocycles. The molecule has 1 aromatic carbocycles. The standard InChI is InChI=1S/C17H26N2O3.ClH/c1-14(20)18-17(21)9-12-22-16-7-5-15(6-8-16)13-19-10-3-2-4-11-19;/h5-8,17,21H,2-4,9-13H2,1H3,(H,18,20);1H. The van der Waals surface area contributed by atoms with E-state index in [1.54, 1.807) is 0 Å². The summed E-state index contributed by atoms with van der Waals surface area (Å²) >= 11 is 0. The Bertz CT molecular complexity index is 461. The Labute approximate surface area is 144 Å². The van der Waals surface area contributed by atoms with Crippen molar-refractivity contribution < 1.29 is 14.6 Å². The fourth-order valence-electron chi connectivity index (χ4n) is 2.66. The van der Waals surface area contributed by atoms with Gasteiger partial charge in [0.1, 0.15) is 12.0 Å².